The van der Waals surface area contributed by atoms with Gasteiger partial charge in [-0.3, -0.25) is 9.78 Å². The van der Waals surface area contributed by atoms with Crippen molar-refractivity contribution < 1.29 is 13.2 Å². The van der Waals surface area contributed by atoms with Gasteiger partial charge in [0.1, 0.15) is 0 Å². The molecule has 0 radical (unpaired) electrons. The van der Waals surface area contributed by atoms with Crippen LogP contribution in [-0.4, -0.2) is 30.5 Å². The quantitative estimate of drug-likeness (QED) is 0.717. The SMILES string of the molecule is CS(=O)(=O)c1ccc(C(CC2CCCC2)C(=O)Nc2cnccn2)cc1Br. The van der Waals surface area contributed by atoms with Crippen molar-refractivity contribution in [2.75, 3.05) is 11.6 Å². The number of benzene rings is 1. The first kappa shape index (κ1) is 19.9. The number of hydrogen-bond acceptors (Lipinski definition) is 5. The molecular formula is C19H22BrN3O3S. The summed E-state index contributed by atoms with van der Waals surface area (Å²) in [6, 6.07) is 5.04. The Morgan fingerprint density at radius 1 is 1.30 bits per heavy atom. The second-order valence-corrected chi connectivity index (χ2v) is 9.82. The molecule has 1 aromatic heterocycles. The predicted octanol–water partition coefficient (Wildman–Crippen LogP) is 3.95. The molecule has 1 unspecified atom stereocenters. The van der Waals surface area contributed by atoms with Gasteiger partial charge in [-0.25, -0.2) is 13.4 Å². The fourth-order valence-electron chi connectivity index (χ4n) is 3.59. The molecule has 144 valence electrons. The Hall–Kier alpha value is -1.80. The summed E-state index contributed by atoms with van der Waals surface area (Å²) in [5.41, 5.74) is 0.794. The van der Waals surface area contributed by atoms with Gasteiger partial charge in [0.25, 0.3) is 0 Å². The van der Waals surface area contributed by atoms with Crippen molar-refractivity contribution in [2.24, 2.45) is 5.92 Å². The highest BCUT2D eigenvalue weighted by atomic mass is 79.9. The van der Waals surface area contributed by atoms with Crippen LogP contribution in [-0.2, 0) is 14.6 Å². The molecule has 1 heterocycles. The van der Waals surface area contributed by atoms with Crippen LogP contribution < -0.4 is 5.32 Å². The van der Waals surface area contributed by atoms with E-state index < -0.39 is 9.84 Å². The molecule has 1 aromatic carbocycles. The van der Waals surface area contributed by atoms with Crippen molar-refractivity contribution in [3.63, 3.8) is 0 Å². The van der Waals surface area contributed by atoms with Gasteiger partial charge in [0.15, 0.2) is 15.7 Å². The summed E-state index contributed by atoms with van der Waals surface area (Å²) in [6.07, 6.45) is 11.1. The Kier molecular flexibility index (Phi) is 6.26. The van der Waals surface area contributed by atoms with E-state index in [0.29, 0.717) is 16.2 Å². The first-order valence-electron chi connectivity index (χ1n) is 8.91. The number of sulfone groups is 1. The van der Waals surface area contributed by atoms with Crippen LogP contribution in [0.15, 0.2) is 46.2 Å². The van der Waals surface area contributed by atoms with E-state index in [-0.39, 0.29) is 16.7 Å². The molecule has 3 rings (SSSR count). The lowest BCUT2D eigenvalue weighted by Crippen LogP contribution is -2.24. The molecule has 0 bridgehead atoms. The first-order chi connectivity index (χ1) is 12.8. The third-order valence-electron chi connectivity index (χ3n) is 4.93. The topological polar surface area (TPSA) is 89.0 Å². The van der Waals surface area contributed by atoms with Crippen molar-refractivity contribution >= 4 is 37.5 Å². The number of carbonyl (C=O) groups excluding carboxylic acids is 1. The third kappa shape index (κ3) is 5.13. The minimum absolute atomic E-state index is 0.151. The lowest BCUT2D eigenvalue weighted by Gasteiger charge is -2.21. The van der Waals surface area contributed by atoms with Crippen LogP contribution in [0, 0.1) is 5.92 Å². The molecule has 6 nitrogen and oxygen atoms in total. The van der Waals surface area contributed by atoms with E-state index in [0.717, 1.165) is 24.8 Å². The summed E-state index contributed by atoms with van der Waals surface area (Å²) in [4.78, 5) is 21.3. The summed E-state index contributed by atoms with van der Waals surface area (Å²) in [6.45, 7) is 0. The number of carbonyl (C=O) groups is 1. The predicted molar refractivity (Wildman–Crippen MR) is 107 cm³/mol. The summed E-state index contributed by atoms with van der Waals surface area (Å²) < 4.78 is 24.2. The number of nitrogens with one attached hydrogen (secondary N) is 1. The minimum atomic E-state index is -3.33. The highest BCUT2D eigenvalue weighted by molar-refractivity contribution is 9.10. The molecule has 1 N–H and O–H groups in total. The van der Waals surface area contributed by atoms with Gasteiger partial charge in [-0.15, -0.1) is 0 Å². The molecule has 0 spiro atoms. The van der Waals surface area contributed by atoms with E-state index in [9.17, 15) is 13.2 Å². The van der Waals surface area contributed by atoms with Crippen LogP contribution >= 0.6 is 15.9 Å². The van der Waals surface area contributed by atoms with Crippen molar-refractivity contribution in [1.82, 2.24) is 9.97 Å². The van der Waals surface area contributed by atoms with Gasteiger partial charge in [-0.2, -0.15) is 0 Å². The Morgan fingerprint density at radius 2 is 2.04 bits per heavy atom. The van der Waals surface area contributed by atoms with Gasteiger partial charge in [0.2, 0.25) is 5.91 Å². The Labute approximate surface area is 167 Å². The zero-order valence-electron chi connectivity index (χ0n) is 15.1. The molecular weight excluding hydrogens is 430 g/mol. The zero-order valence-corrected chi connectivity index (χ0v) is 17.5. The lowest BCUT2D eigenvalue weighted by molar-refractivity contribution is -0.118. The van der Waals surface area contributed by atoms with Crippen molar-refractivity contribution in [3.8, 4) is 0 Å². The number of halogens is 1. The molecule has 1 saturated carbocycles. The van der Waals surface area contributed by atoms with Gasteiger partial charge in [0.05, 0.1) is 17.0 Å². The fraction of sp³-hybridized carbons (Fsp3) is 0.421. The van der Waals surface area contributed by atoms with Crippen LogP contribution in [0.2, 0.25) is 0 Å². The second kappa shape index (κ2) is 8.48. The Balaban J connectivity index is 1.89. The molecule has 8 heteroatoms. The molecule has 27 heavy (non-hydrogen) atoms. The normalized spacial score (nSPS) is 16.2. The maximum atomic E-state index is 13.0. The standard InChI is InChI=1S/C19H22BrN3O3S/c1-27(25,26)17-7-6-14(11-16(17)20)15(10-13-4-2-3-5-13)19(24)23-18-12-21-8-9-22-18/h6-9,11-13,15H,2-5,10H2,1H3,(H,22,23,24). The molecule has 1 aliphatic rings. The lowest BCUT2D eigenvalue weighted by atomic mass is 9.87. The molecule has 0 aliphatic heterocycles. The second-order valence-electron chi connectivity index (χ2n) is 6.98. The summed E-state index contributed by atoms with van der Waals surface area (Å²) >= 11 is 3.35. The zero-order chi connectivity index (χ0) is 19.4. The third-order valence-corrected chi connectivity index (χ3v) is 7.01. The van der Waals surface area contributed by atoms with Gasteiger partial charge in [-0.1, -0.05) is 31.7 Å². The molecule has 0 saturated heterocycles. The summed E-state index contributed by atoms with van der Waals surface area (Å²) in [5.74, 6) is 0.378. The molecule has 2 aromatic rings. The number of anilines is 1. The fourth-order valence-corrected chi connectivity index (χ4v) is 5.59. The number of aromatic nitrogens is 2. The van der Waals surface area contributed by atoms with Crippen molar-refractivity contribution in [2.45, 2.75) is 42.9 Å². The average molecular weight is 452 g/mol. The number of nitrogens with zero attached hydrogens (tertiary/aromatic N) is 2. The summed E-state index contributed by atoms with van der Waals surface area (Å²) in [5, 5.41) is 2.83. The first-order valence-corrected chi connectivity index (χ1v) is 11.6. The van der Waals surface area contributed by atoms with E-state index >= 15 is 0 Å². The van der Waals surface area contributed by atoms with Gasteiger partial charge >= 0.3 is 0 Å². The number of amides is 1. The monoisotopic (exact) mass is 451 g/mol. The van der Waals surface area contributed by atoms with E-state index in [2.05, 4.69) is 31.2 Å². The Morgan fingerprint density at radius 3 is 2.63 bits per heavy atom. The highest BCUT2D eigenvalue weighted by Gasteiger charge is 2.28. The highest BCUT2D eigenvalue weighted by Crippen LogP contribution is 2.36. The average Bonchev–Trinajstić information content (AvgIpc) is 3.12. The molecule has 1 atom stereocenters. The van der Waals surface area contributed by atoms with Crippen LogP contribution in [0.3, 0.4) is 0 Å². The maximum Gasteiger partial charge on any atom is 0.233 e. The van der Waals surface area contributed by atoms with E-state index in [1.807, 2.05) is 0 Å². The molecule has 1 fully saturated rings. The maximum absolute atomic E-state index is 13.0. The van der Waals surface area contributed by atoms with Crippen molar-refractivity contribution in [1.29, 1.82) is 0 Å². The van der Waals surface area contributed by atoms with Gasteiger partial charge in [-0.05, 0) is 46.0 Å². The van der Waals surface area contributed by atoms with Crippen molar-refractivity contribution in [3.05, 3.63) is 46.8 Å². The molecule has 1 aliphatic carbocycles. The van der Waals surface area contributed by atoms with E-state index in [1.165, 1.54) is 31.5 Å². The minimum Gasteiger partial charge on any atom is -0.309 e. The number of rotatable bonds is 6. The Bertz CT molecular complexity index is 913. The number of hydrogen-bond donors (Lipinski definition) is 1. The van der Waals surface area contributed by atoms with Crippen LogP contribution in [0.1, 0.15) is 43.6 Å². The molecule has 1 amide bonds. The van der Waals surface area contributed by atoms with Gasteiger partial charge in [0, 0.05) is 23.1 Å². The van der Waals surface area contributed by atoms with Crippen LogP contribution in [0.5, 0.6) is 0 Å². The van der Waals surface area contributed by atoms with Crippen LogP contribution in [0.4, 0.5) is 5.82 Å². The van der Waals surface area contributed by atoms with Crippen LogP contribution in [0.25, 0.3) is 0 Å². The summed E-state index contributed by atoms with van der Waals surface area (Å²) in [7, 11) is -3.33. The smallest absolute Gasteiger partial charge is 0.233 e. The largest absolute Gasteiger partial charge is 0.309 e. The van der Waals surface area contributed by atoms with Gasteiger partial charge < -0.3 is 5.32 Å². The van der Waals surface area contributed by atoms with E-state index in [4.69, 9.17) is 0 Å². The van der Waals surface area contributed by atoms with E-state index in [1.54, 1.807) is 24.4 Å².